The monoisotopic (exact) mass is 428 g/mol. The molecule has 156 valence electrons. The van der Waals surface area contributed by atoms with Gasteiger partial charge in [0.25, 0.3) is 0 Å². The van der Waals surface area contributed by atoms with Gasteiger partial charge >= 0.3 is 6.18 Å². The molecule has 0 saturated heterocycles. The standard InChI is InChI=1S/C15H17F5N4O3S/c1-10(28(26,27)23(2)7-15(18,19)20)14(25,6-24-9-21-8-22-24)12-4-3-11(16)5-13(12)17/h3-5,8-10,25H,6-7H2,1-2H3/t10-,14-/m1/s1. The van der Waals surface area contributed by atoms with Crippen molar-refractivity contribution in [2.75, 3.05) is 13.6 Å². The number of benzene rings is 1. The van der Waals surface area contributed by atoms with Gasteiger partial charge in [0, 0.05) is 18.7 Å². The fraction of sp³-hybridized carbons (Fsp3) is 0.467. The topological polar surface area (TPSA) is 88.3 Å². The first-order valence-corrected chi connectivity index (χ1v) is 9.30. The van der Waals surface area contributed by atoms with E-state index < -0.39 is 57.3 Å². The second-order valence-electron chi connectivity index (χ2n) is 6.20. The largest absolute Gasteiger partial charge is 0.402 e. The summed E-state index contributed by atoms with van der Waals surface area (Å²) in [7, 11) is -4.08. The number of nitrogens with zero attached hydrogens (tertiary/aromatic N) is 4. The molecule has 7 nitrogen and oxygen atoms in total. The third-order valence-electron chi connectivity index (χ3n) is 4.22. The Morgan fingerprint density at radius 1 is 1.29 bits per heavy atom. The van der Waals surface area contributed by atoms with Gasteiger partial charge in [-0.2, -0.15) is 22.6 Å². The van der Waals surface area contributed by atoms with Gasteiger partial charge in [-0.3, -0.25) is 0 Å². The van der Waals surface area contributed by atoms with Crippen molar-refractivity contribution in [1.82, 2.24) is 19.1 Å². The summed E-state index contributed by atoms with van der Waals surface area (Å²) < 4.78 is 91.9. The minimum Gasteiger partial charge on any atom is -0.382 e. The minimum absolute atomic E-state index is 0.0192. The number of hydrogen-bond donors (Lipinski definition) is 1. The maximum Gasteiger partial charge on any atom is 0.402 e. The van der Waals surface area contributed by atoms with Crippen molar-refractivity contribution >= 4 is 10.0 Å². The maximum atomic E-state index is 14.4. The Balaban J connectivity index is 2.54. The molecule has 28 heavy (non-hydrogen) atoms. The molecule has 2 aromatic rings. The van der Waals surface area contributed by atoms with E-state index in [0.29, 0.717) is 13.1 Å². The zero-order chi connectivity index (χ0) is 21.3. The fourth-order valence-electron chi connectivity index (χ4n) is 2.69. The zero-order valence-electron chi connectivity index (χ0n) is 14.7. The lowest BCUT2D eigenvalue weighted by molar-refractivity contribution is -0.134. The van der Waals surface area contributed by atoms with Crippen LogP contribution in [0.1, 0.15) is 12.5 Å². The Kier molecular flexibility index (Phi) is 6.11. The number of aromatic nitrogens is 3. The number of halogens is 5. The highest BCUT2D eigenvalue weighted by molar-refractivity contribution is 7.89. The molecule has 0 spiro atoms. The summed E-state index contributed by atoms with van der Waals surface area (Å²) in [6.45, 7) is -1.53. The van der Waals surface area contributed by atoms with Gasteiger partial charge in [-0.15, -0.1) is 0 Å². The van der Waals surface area contributed by atoms with Crippen LogP contribution in [-0.4, -0.2) is 57.6 Å². The molecule has 2 atom stereocenters. The third-order valence-corrected chi connectivity index (χ3v) is 6.50. The Morgan fingerprint density at radius 3 is 2.43 bits per heavy atom. The first-order valence-electron chi connectivity index (χ1n) is 7.79. The van der Waals surface area contributed by atoms with Crippen LogP contribution in [-0.2, 0) is 22.2 Å². The molecule has 1 aromatic heterocycles. The second kappa shape index (κ2) is 7.72. The van der Waals surface area contributed by atoms with Crippen LogP contribution in [0, 0.1) is 11.6 Å². The summed E-state index contributed by atoms with van der Waals surface area (Å²) in [5, 5.41) is 12.9. The summed E-state index contributed by atoms with van der Waals surface area (Å²) in [4.78, 5) is 3.62. The molecule has 0 radical (unpaired) electrons. The van der Waals surface area contributed by atoms with Crippen LogP contribution in [0.15, 0.2) is 30.9 Å². The molecule has 13 heteroatoms. The second-order valence-corrected chi connectivity index (χ2v) is 8.56. The van der Waals surface area contributed by atoms with E-state index in [1.165, 1.54) is 0 Å². The lowest BCUT2D eigenvalue weighted by Gasteiger charge is -2.36. The fourth-order valence-corrected chi connectivity index (χ4v) is 4.25. The van der Waals surface area contributed by atoms with E-state index in [2.05, 4.69) is 10.1 Å². The van der Waals surface area contributed by atoms with E-state index in [4.69, 9.17) is 0 Å². The van der Waals surface area contributed by atoms with Gasteiger partial charge in [0.05, 0.1) is 6.54 Å². The van der Waals surface area contributed by atoms with E-state index in [0.717, 1.165) is 36.4 Å². The van der Waals surface area contributed by atoms with Gasteiger partial charge in [0.2, 0.25) is 10.0 Å². The molecular formula is C15H17F5N4O3S. The minimum atomic E-state index is -4.83. The summed E-state index contributed by atoms with van der Waals surface area (Å²) in [5.74, 6) is -2.24. The molecule has 1 heterocycles. The maximum absolute atomic E-state index is 14.4. The number of hydrogen-bond acceptors (Lipinski definition) is 5. The van der Waals surface area contributed by atoms with Crippen molar-refractivity contribution in [1.29, 1.82) is 0 Å². The average Bonchev–Trinajstić information content (AvgIpc) is 3.04. The summed E-state index contributed by atoms with van der Waals surface area (Å²) in [6, 6.07) is 2.06. The SMILES string of the molecule is C[C@H]([C@](O)(Cn1cncn1)c1ccc(F)cc1F)S(=O)(=O)N(C)CC(F)(F)F. The number of aliphatic hydroxyl groups is 1. The lowest BCUT2D eigenvalue weighted by atomic mass is 9.90. The Bertz CT molecular complexity index is 920. The van der Waals surface area contributed by atoms with Crippen LogP contribution in [0.5, 0.6) is 0 Å². The van der Waals surface area contributed by atoms with Gasteiger partial charge in [0.15, 0.2) is 0 Å². The van der Waals surface area contributed by atoms with Crippen LogP contribution < -0.4 is 0 Å². The van der Waals surface area contributed by atoms with Crippen molar-refractivity contribution in [3.8, 4) is 0 Å². The first kappa shape index (κ1) is 22.2. The molecule has 2 rings (SSSR count). The molecule has 0 bridgehead atoms. The molecule has 0 aliphatic carbocycles. The molecule has 0 aliphatic rings. The average molecular weight is 428 g/mol. The van der Waals surface area contributed by atoms with Crippen molar-refractivity contribution in [2.45, 2.75) is 30.5 Å². The summed E-state index contributed by atoms with van der Waals surface area (Å²) in [5.41, 5.74) is -3.19. The molecule has 1 aromatic carbocycles. The molecule has 0 aliphatic heterocycles. The number of sulfonamides is 1. The van der Waals surface area contributed by atoms with Crippen molar-refractivity contribution < 1.29 is 35.5 Å². The number of alkyl halides is 3. The predicted octanol–water partition coefficient (Wildman–Crippen LogP) is 1.66. The van der Waals surface area contributed by atoms with E-state index in [9.17, 15) is 35.5 Å². The Labute approximate surface area is 157 Å². The predicted molar refractivity (Wildman–Crippen MR) is 87.3 cm³/mol. The van der Waals surface area contributed by atoms with Gasteiger partial charge in [0.1, 0.15) is 41.7 Å². The van der Waals surface area contributed by atoms with E-state index >= 15 is 0 Å². The summed E-state index contributed by atoms with van der Waals surface area (Å²) >= 11 is 0. The highest BCUT2D eigenvalue weighted by atomic mass is 32.2. The van der Waals surface area contributed by atoms with Crippen LogP contribution >= 0.6 is 0 Å². The third kappa shape index (κ3) is 4.64. The Hall–Kier alpha value is -2.12. The Morgan fingerprint density at radius 2 is 1.93 bits per heavy atom. The van der Waals surface area contributed by atoms with Crippen LogP contribution in [0.4, 0.5) is 22.0 Å². The van der Waals surface area contributed by atoms with Gasteiger partial charge in [-0.05, 0) is 13.0 Å². The van der Waals surface area contributed by atoms with Gasteiger partial charge < -0.3 is 5.11 Å². The van der Waals surface area contributed by atoms with Gasteiger partial charge in [-0.1, -0.05) is 6.07 Å². The van der Waals surface area contributed by atoms with Crippen molar-refractivity contribution in [2.24, 2.45) is 0 Å². The molecular weight excluding hydrogens is 411 g/mol. The van der Waals surface area contributed by atoms with E-state index in [1.54, 1.807) is 0 Å². The van der Waals surface area contributed by atoms with Crippen molar-refractivity contribution in [3.05, 3.63) is 48.1 Å². The van der Waals surface area contributed by atoms with E-state index in [1.807, 2.05) is 0 Å². The molecule has 1 N–H and O–H groups in total. The highest BCUT2D eigenvalue weighted by Gasteiger charge is 2.48. The molecule has 0 saturated carbocycles. The lowest BCUT2D eigenvalue weighted by Crippen LogP contribution is -2.52. The zero-order valence-corrected chi connectivity index (χ0v) is 15.5. The van der Waals surface area contributed by atoms with Crippen LogP contribution in [0.3, 0.4) is 0 Å². The normalized spacial score (nSPS) is 16.2. The first-order chi connectivity index (χ1) is 12.8. The molecule has 0 unspecified atom stereocenters. The van der Waals surface area contributed by atoms with E-state index in [-0.39, 0.29) is 4.31 Å². The molecule has 0 fully saturated rings. The van der Waals surface area contributed by atoms with Gasteiger partial charge in [-0.25, -0.2) is 26.9 Å². The van der Waals surface area contributed by atoms with Crippen LogP contribution in [0.25, 0.3) is 0 Å². The molecule has 0 amide bonds. The summed E-state index contributed by atoms with van der Waals surface area (Å²) in [6.07, 6.45) is -2.66. The quantitative estimate of drug-likeness (QED) is 0.678. The smallest absolute Gasteiger partial charge is 0.382 e. The van der Waals surface area contributed by atoms with Crippen LogP contribution in [0.2, 0.25) is 0 Å². The van der Waals surface area contributed by atoms with Crippen molar-refractivity contribution in [3.63, 3.8) is 0 Å². The highest BCUT2D eigenvalue weighted by Crippen LogP contribution is 2.35. The number of rotatable bonds is 7.